The summed E-state index contributed by atoms with van der Waals surface area (Å²) < 4.78 is 0.885. The third-order valence-electron chi connectivity index (χ3n) is 1.85. The first-order valence-corrected chi connectivity index (χ1v) is 4.86. The molecule has 0 spiro atoms. The van der Waals surface area contributed by atoms with Gasteiger partial charge in [-0.3, -0.25) is 0 Å². The maximum Gasteiger partial charge on any atom is 0.0861 e. The standard InChI is InChI=1S/C9H8BrN3O/c10-9-2-1-8(5-7(9)6-14)13-11-3-4-12-13/h1-5,14H,6H2. The maximum atomic E-state index is 9.06. The SMILES string of the molecule is OCc1cc(-n2nccn2)ccc1Br. The molecule has 5 heteroatoms. The van der Waals surface area contributed by atoms with Crippen molar-refractivity contribution in [3.63, 3.8) is 0 Å². The van der Waals surface area contributed by atoms with Gasteiger partial charge in [0.15, 0.2) is 0 Å². The molecule has 0 unspecified atom stereocenters. The van der Waals surface area contributed by atoms with E-state index in [1.165, 1.54) is 4.80 Å². The van der Waals surface area contributed by atoms with Crippen molar-refractivity contribution in [1.29, 1.82) is 0 Å². The summed E-state index contributed by atoms with van der Waals surface area (Å²) in [5.41, 5.74) is 1.65. The van der Waals surface area contributed by atoms with Crippen LogP contribution in [-0.4, -0.2) is 20.1 Å². The third-order valence-corrected chi connectivity index (χ3v) is 2.62. The van der Waals surface area contributed by atoms with E-state index in [1.807, 2.05) is 18.2 Å². The molecule has 0 bridgehead atoms. The Morgan fingerprint density at radius 2 is 2.00 bits per heavy atom. The molecule has 0 saturated heterocycles. The zero-order valence-corrected chi connectivity index (χ0v) is 8.85. The van der Waals surface area contributed by atoms with Crippen LogP contribution in [-0.2, 0) is 6.61 Å². The van der Waals surface area contributed by atoms with Gasteiger partial charge in [-0.15, -0.1) is 0 Å². The van der Waals surface area contributed by atoms with Crippen LogP contribution in [0.25, 0.3) is 5.69 Å². The summed E-state index contributed by atoms with van der Waals surface area (Å²) in [6.07, 6.45) is 3.22. The van der Waals surface area contributed by atoms with E-state index in [4.69, 9.17) is 5.11 Å². The van der Waals surface area contributed by atoms with Gasteiger partial charge in [0.05, 0.1) is 24.7 Å². The van der Waals surface area contributed by atoms with Crippen molar-refractivity contribution in [1.82, 2.24) is 15.0 Å². The smallest absolute Gasteiger partial charge is 0.0861 e. The molecule has 0 amide bonds. The fourth-order valence-corrected chi connectivity index (χ4v) is 1.53. The quantitative estimate of drug-likeness (QED) is 0.883. The van der Waals surface area contributed by atoms with E-state index in [0.717, 1.165) is 15.7 Å². The molecule has 4 nitrogen and oxygen atoms in total. The normalized spacial score (nSPS) is 10.4. The lowest BCUT2D eigenvalue weighted by atomic mass is 10.2. The molecule has 0 fully saturated rings. The van der Waals surface area contributed by atoms with E-state index in [9.17, 15) is 0 Å². The maximum absolute atomic E-state index is 9.06. The zero-order valence-electron chi connectivity index (χ0n) is 7.26. The van der Waals surface area contributed by atoms with Gasteiger partial charge in [0.2, 0.25) is 0 Å². The molecule has 1 N–H and O–H groups in total. The van der Waals surface area contributed by atoms with Gasteiger partial charge >= 0.3 is 0 Å². The van der Waals surface area contributed by atoms with Crippen LogP contribution in [0.2, 0.25) is 0 Å². The number of halogens is 1. The van der Waals surface area contributed by atoms with Crippen molar-refractivity contribution in [2.45, 2.75) is 6.61 Å². The van der Waals surface area contributed by atoms with Crippen LogP contribution in [0.5, 0.6) is 0 Å². The summed E-state index contributed by atoms with van der Waals surface area (Å²) in [6.45, 7) is -0.00427. The lowest BCUT2D eigenvalue weighted by Gasteiger charge is -2.04. The second kappa shape index (κ2) is 3.89. The summed E-state index contributed by atoms with van der Waals surface area (Å²) in [4.78, 5) is 1.51. The second-order valence-electron chi connectivity index (χ2n) is 2.75. The van der Waals surface area contributed by atoms with Crippen molar-refractivity contribution in [2.75, 3.05) is 0 Å². The highest BCUT2D eigenvalue weighted by atomic mass is 79.9. The number of aromatic nitrogens is 3. The Morgan fingerprint density at radius 3 is 2.64 bits per heavy atom. The van der Waals surface area contributed by atoms with Gasteiger partial charge in [-0.25, -0.2) is 0 Å². The van der Waals surface area contributed by atoms with Gasteiger partial charge in [0.1, 0.15) is 0 Å². The molecular formula is C9H8BrN3O. The summed E-state index contributed by atoms with van der Waals surface area (Å²) in [6, 6.07) is 5.58. The lowest BCUT2D eigenvalue weighted by molar-refractivity contribution is 0.281. The molecule has 1 heterocycles. The number of rotatable bonds is 2. The van der Waals surface area contributed by atoms with Crippen LogP contribution in [0.1, 0.15) is 5.56 Å². The Balaban J connectivity index is 2.46. The minimum absolute atomic E-state index is 0.00427. The second-order valence-corrected chi connectivity index (χ2v) is 3.61. The first-order chi connectivity index (χ1) is 6.81. The lowest BCUT2D eigenvalue weighted by Crippen LogP contribution is -1.99. The van der Waals surface area contributed by atoms with Gasteiger partial charge in [-0.05, 0) is 23.8 Å². The molecule has 0 aliphatic carbocycles. The predicted octanol–water partition coefficient (Wildman–Crippen LogP) is 1.52. The number of aliphatic hydroxyl groups is 1. The molecule has 0 saturated carbocycles. The fourth-order valence-electron chi connectivity index (χ4n) is 1.16. The highest BCUT2D eigenvalue weighted by molar-refractivity contribution is 9.10. The number of aliphatic hydroxyl groups excluding tert-OH is 1. The summed E-state index contributed by atoms with van der Waals surface area (Å²) in [5, 5.41) is 17.1. The van der Waals surface area contributed by atoms with Gasteiger partial charge in [-0.2, -0.15) is 15.0 Å². The van der Waals surface area contributed by atoms with E-state index in [0.29, 0.717) is 0 Å². The average Bonchev–Trinajstić information content (AvgIpc) is 2.71. The van der Waals surface area contributed by atoms with Crippen molar-refractivity contribution >= 4 is 15.9 Å². The molecule has 0 radical (unpaired) electrons. The molecule has 1 aromatic carbocycles. The Labute approximate surface area is 89.3 Å². The van der Waals surface area contributed by atoms with E-state index < -0.39 is 0 Å². The number of benzene rings is 1. The minimum atomic E-state index is -0.00427. The molecule has 0 atom stereocenters. The first-order valence-electron chi connectivity index (χ1n) is 4.07. The largest absolute Gasteiger partial charge is 0.392 e. The van der Waals surface area contributed by atoms with E-state index >= 15 is 0 Å². The van der Waals surface area contributed by atoms with Crippen LogP contribution < -0.4 is 0 Å². The van der Waals surface area contributed by atoms with Crippen LogP contribution in [0.3, 0.4) is 0 Å². The predicted molar refractivity (Wildman–Crippen MR) is 55.0 cm³/mol. The first kappa shape index (κ1) is 9.36. The average molecular weight is 254 g/mol. The molecule has 0 aliphatic rings. The van der Waals surface area contributed by atoms with Crippen LogP contribution >= 0.6 is 15.9 Å². The van der Waals surface area contributed by atoms with Gasteiger partial charge < -0.3 is 5.11 Å². The topological polar surface area (TPSA) is 50.9 Å². The fraction of sp³-hybridized carbons (Fsp3) is 0.111. The Bertz CT molecular complexity index is 428. The van der Waals surface area contributed by atoms with E-state index in [2.05, 4.69) is 26.1 Å². The summed E-state index contributed by atoms with van der Waals surface area (Å²) in [7, 11) is 0. The highest BCUT2D eigenvalue weighted by Gasteiger charge is 2.02. The number of hydrogen-bond donors (Lipinski definition) is 1. The zero-order chi connectivity index (χ0) is 9.97. The van der Waals surface area contributed by atoms with Crippen molar-refractivity contribution in [2.24, 2.45) is 0 Å². The van der Waals surface area contributed by atoms with Crippen molar-refractivity contribution in [3.8, 4) is 5.69 Å². The van der Waals surface area contributed by atoms with Crippen molar-refractivity contribution in [3.05, 3.63) is 40.6 Å². The molecule has 1 aromatic heterocycles. The van der Waals surface area contributed by atoms with Gasteiger partial charge in [-0.1, -0.05) is 15.9 Å². The van der Waals surface area contributed by atoms with E-state index in [1.54, 1.807) is 12.4 Å². The minimum Gasteiger partial charge on any atom is -0.392 e. The Hall–Kier alpha value is -1.20. The van der Waals surface area contributed by atoms with Crippen LogP contribution in [0.4, 0.5) is 0 Å². The molecular weight excluding hydrogens is 246 g/mol. The van der Waals surface area contributed by atoms with Gasteiger partial charge in [0.25, 0.3) is 0 Å². The van der Waals surface area contributed by atoms with Gasteiger partial charge in [0, 0.05) is 4.47 Å². The molecule has 72 valence electrons. The molecule has 2 rings (SSSR count). The number of nitrogens with zero attached hydrogens (tertiary/aromatic N) is 3. The Kier molecular flexibility index (Phi) is 2.60. The van der Waals surface area contributed by atoms with E-state index in [-0.39, 0.29) is 6.61 Å². The van der Waals surface area contributed by atoms with Crippen LogP contribution in [0, 0.1) is 0 Å². The number of hydrogen-bond acceptors (Lipinski definition) is 3. The molecule has 2 aromatic rings. The molecule has 0 aliphatic heterocycles. The van der Waals surface area contributed by atoms with Crippen LogP contribution in [0.15, 0.2) is 35.1 Å². The summed E-state index contributed by atoms with van der Waals surface area (Å²) in [5.74, 6) is 0. The third kappa shape index (κ3) is 1.69. The van der Waals surface area contributed by atoms with Crippen molar-refractivity contribution < 1.29 is 5.11 Å². The summed E-state index contributed by atoms with van der Waals surface area (Å²) >= 11 is 3.34. The Morgan fingerprint density at radius 1 is 1.29 bits per heavy atom. The monoisotopic (exact) mass is 253 g/mol. The highest BCUT2D eigenvalue weighted by Crippen LogP contribution is 2.19. The molecule has 14 heavy (non-hydrogen) atoms.